The topological polar surface area (TPSA) is 111 Å². The highest BCUT2D eigenvalue weighted by Gasteiger charge is 2.30. The lowest BCUT2D eigenvalue weighted by molar-refractivity contribution is -0.529. The molecule has 0 aromatic heterocycles. The summed E-state index contributed by atoms with van der Waals surface area (Å²) < 4.78 is 0. The Morgan fingerprint density at radius 1 is 0.905 bits per heavy atom. The summed E-state index contributed by atoms with van der Waals surface area (Å²) in [5, 5.41) is 29.5. The number of nitro groups is 2. The van der Waals surface area contributed by atoms with Gasteiger partial charge in [-0.25, -0.2) is 0 Å². The smallest absolute Gasteiger partial charge is 0.262 e. The Morgan fingerprint density at radius 2 is 1.52 bits per heavy atom. The van der Waals surface area contributed by atoms with E-state index in [1.54, 1.807) is 30.3 Å². The lowest BCUT2D eigenvalue weighted by Crippen LogP contribution is -2.09. The molecule has 0 radical (unpaired) electrons. The van der Waals surface area contributed by atoms with Gasteiger partial charge in [-0.15, -0.1) is 10.2 Å². The predicted molar refractivity (Wildman–Crippen MR) is 73.8 cm³/mol. The van der Waals surface area contributed by atoms with Crippen LogP contribution in [0.1, 0.15) is 11.7 Å². The number of nitro benzene ring substituents is 1. The molecular weight excluding hydrogens is 276 g/mol. The van der Waals surface area contributed by atoms with E-state index >= 15 is 0 Å². The van der Waals surface area contributed by atoms with E-state index < -0.39 is 16.0 Å². The van der Waals surface area contributed by atoms with Gasteiger partial charge < -0.3 is 0 Å². The molecule has 0 aliphatic rings. The molecule has 0 saturated carbocycles. The second-order valence-electron chi connectivity index (χ2n) is 4.03. The SMILES string of the molecule is O=[N+]([O-])c1ccccc1C(N=Nc1ccccc1)[N+](=O)[O-]. The highest BCUT2D eigenvalue weighted by atomic mass is 16.6. The van der Waals surface area contributed by atoms with Gasteiger partial charge in [-0.05, 0) is 18.2 Å². The van der Waals surface area contributed by atoms with Gasteiger partial charge in [-0.2, -0.15) is 0 Å². The number of para-hydroxylation sites is 1. The van der Waals surface area contributed by atoms with E-state index in [-0.39, 0.29) is 11.3 Å². The van der Waals surface area contributed by atoms with Gasteiger partial charge in [0.1, 0.15) is 5.56 Å². The van der Waals surface area contributed by atoms with Crippen LogP contribution in [0, 0.1) is 20.2 Å². The Labute approximate surface area is 119 Å². The van der Waals surface area contributed by atoms with E-state index in [4.69, 9.17) is 0 Å². The fraction of sp³-hybridized carbons (Fsp3) is 0.0769. The number of nitrogens with zero attached hydrogens (tertiary/aromatic N) is 4. The van der Waals surface area contributed by atoms with Crippen molar-refractivity contribution in [1.82, 2.24) is 0 Å². The maximum Gasteiger partial charge on any atom is 0.353 e. The Morgan fingerprint density at radius 3 is 2.14 bits per heavy atom. The van der Waals surface area contributed by atoms with Crippen LogP contribution in [0.15, 0.2) is 64.8 Å². The van der Waals surface area contributed by atoms with Crippen LogP contribution in [-0.2, 0) is 0 Å². The monoisotopic (exact) mass is 286 g/mol. The molecule has 21 heavy (non-hydrogen) atoms. The van der Waals surface area contributed by atoms with Gasteiger partial charge in [0.25, 0.3) is 5.69 Å². The summed E-state index contributed by atoms with van der Waals surface area (Å²) in [5.41, 5.74) is -0.0265. The summed E-state index contributed by atoms with van der Waals surface area (Å²) in [7, 11) is 0. The van der Waals surface area contributed by atoms with Gasteiger partial charge >= 0.3 is 6.17 Å². The Hall–Kier alpha value is -3.16. The van der Waals surface area contributed by atoms with E-state index in [9.17, 15) is 20.2 Å². The molecule has 1 unspecified atom stereocenters. The third-order valence-corrected chi connectivity index (χ3v) is 2.65. The number of hydrogen-bond acceptors (Lipinski definition) is 6. The minimum atomic E-state index is -1.62. The third kappa shape index (κ3) is 3.44. The highest BCUT2D eigenvalue weighted by molar-refractivity contribution is 5.41. The molecule has 0 N–H and O–H groups in total. The summed E-state index contributed by atoms with van der Waals surface area (Å²) in [4.78, 5) is 20.7. The second-order valence-corrected chi connectivity index (χ2v) is 4.03. The van der Waals surface area contributed by atoms with Crippen molar-refractivity contribution in [2.24, 2.45) is 10.2 Å². The summed E-state index contributed by atoms with van der Waals surface area (Å²) >= 11 is 0. The number of benzene rings is 2. The van der Waals surface area contributed by atoms with Crippen molar-refractivity contribution in [2.75, 3.05) is 0 Å². The summed E-state index contributed by atoms with van der Waals surface area (Å²) in [5.74, 6) is 0. The maximum atomic E-state index is 11.1. The molecule has 8 nitrogen and oxygen atoms in total. The average Bonchev–Trinajstić information content (AvgIpc) is 2.48. The van der Waals surface area contributed by atoms with E-state index in [0.717, 1.165) is 0 Å². The zero-order valence-electron chi connectivity index (χ0n) is 10.7. The van der Waals surface area contributed by atoms with Crippen molar-refractivity contribution in [1.29, 1.82) is 0 Å². The van der Waals surface area contributed by atoms with Crippen molar-refractivity contribution in [3.63, 3.8) is 0 Å². The van der Waals surface area contributed by atoms with Crippen LogP contribution < -0.4 is 0 Å². The second kappa shape index (κ2) is 6.33. The predicted octanol–water partition coefficient (Wildman–Crippen LogP) is 3.65. The van der Waals surface area contributed by atoms with Gasteiger partial charge in [0.2, 0.25) is 0 Å². The van der Waals surface area contributed by atoms with Crippen LogP contribution in [0.2, 0.25) is 0 Å². The highest BCUT2D eigenvalue weighted by Crippen LogP contribution is 2.29. The first-order valence-electron chi connectivity index (χ1n) is 5.92. The molecule has 0 spiro atoms. The van der Waals surface area contributed by atoms with Gasteiger partial charge in [0.05, 0.1) is 15.5 Å². The molecule has 2 rings (SSSR count). The fourth-order valence-corrected chi connectivity index (χ4v) is 1.71. The van der Waals surface area contributed by atoms with Gasteiger partial charge in [0.15, 0.2) is 0 Å². The molecule has 106 valence electrons. The van der Waals surface area contributed by atoms with Crippen molar-refractivity contribution in [3.8, 4) is 0 Å². The van der Waals surface area contributed by atoms with Crippen LogP contribution >= 0.6 is 0 Å². The van der Waals surface area contributed by atoms with Crippen LogP contribution in [0.3, 0.4) is 0 Å². The van der Waals surface area contributed by atoms with Crippen molar-refractivity contribution in [3.05, 3.63) is 80.4 Å². The van der Waals surface area contributed by atoms with Crippen LogP contribution in [0.5, 0.6) is 0 Å². The van der Waals surface area contributed by atoms with Crippen LogP contribution in [-0.4, -0.2) is 9.85 Å². The first kappa shape index (κ1) is 14.3. The largest absolute Gasteiger partial charge is 0.353 e. The molecule has 0 aliphatic heterocycles. The summed E-state index contributed by atoms with van der Waals surface area (Å²) in [6, 6.07) is 13.9. The van der Waals surface area contributed by atoms with Gasteiger partial charge in [-0.1, -0.05) is 30.3 Å². The Bertz CT molecular complexity index is 688. The molecule has 2 aromatic rings. The molecule has 0 saturated heterocycles. The van der Waals surface area contributed by atoms with Crippen molar-refractivity contribution >= 4 is 11.4 Å². The minimum Gasteiger partial charge on any atom is -0.262 e. The average molecular weight is 286 g/mol. The molecular formula is C13H10N4O4. The quantitative estimate of drug-likeness (QED) is 0.474. The fourth-order valence-electron chi connectivity index (χ4n) is 1.71. The lowest BCUT2D eigenvalue weighted by atomic mass is 10.1. The molecule has 0 amide bonds. The van der Waals surface area contributed by atoms with E-state index in [0.29, 0.717) is 5.69 Å². The zero-order valence-corrected chi connectivity index (χ0v) is 10.7. The number of azo groups is 1. The number of rotatable bonds is 5. The third-order valence-electron chi connectivity index (χ3n) is 2.65. The first-order valence-corrected chi connectivity index (χ1v) is 5.92. The molecule has 1 atom stereocenters. The van der Waals surface area contributed by atoms with Crippen molar-refractivity contribution < 1.29 is 9.85 Å². The number of hydrogen-bond donors (Lipinski definition) is 0. The van der Waals surface area contributed by atoms with E-state index in [1.807, 2.05) is 0 Å². The summed E-state index contributed by atoms with van der Waals surface area (Å²) in [6.07, 6.45) is -1.62. The molecule has 0 fully saturated rings. The summed E-state index contributed by atoms with van der Waals surface area (Å²) in [6.45, 7) is 0. The zero-order chi connectivity index (χ0) is 15.2. The molecule has 8 heteroatoms. The molecule has 0 heterocycles. The maximum absolute atomic E-state index is 11.1. The van der Waals surface area contributed by atoms with Crippen molar-refractivity contribution in [2.45, 2.75) is 6.17 Å². The normalized spacial score (nSPS) is 12.2. The Balaban J connectivity index is 2.39. The molecule has 0 bridgehead atoms. The lowest BCUT2D eigenvalue weighted by Gasteiger charge is -2.04. The first-order chi connectivity index (χ1) is 10.1. The van der Waals surface area contributed by atoms with E-state index in [2.05, 4.69) is 10.2 Å². The molecule has 2 aromatic carbocycles. The van der Waals surface area contributed by atoms with E-state index in [1.165, 1.54) is 24.3 Å². The molecule has 0 aliphatic carbocycles. The Kier molecular flexibility index (Phi) is 4.30. The van der Waals surface area contributed by atoms with Gasteiger partial charge in [-0.3, -0.25) is 20.2 Å². The van der Waals surface area contributed by atoms with Crippen LogP contribution in [0.4, 0.5) is 11.4 Å². The minimum absolute atomic E-state index is 0.104. The standard InChI is InChI=1S/C13H10N4O4/c18-16(19)12-9-5-4-8-11(12)13(17(20)21)15-14-10-6-2-1-3-7-10/h1-9,13H. The van der Waals surface area contributed by atoms with Crippen LogP contribution in [0.25, 0.3) is 0 Å². The van der Waals surface area contributed by atoms with Gasteiger partial charge in [0, 0.05) is 6.07 Å².